The molecule has 1 aromatic carbocycles. The van der Waals surface area contributed by atoms with E-state index in [1.54, 1.807) is 12.1 Å². The highest BCUT2D eigenvalue weighted by Crippen LogP contribution is 2.53. The van der Waals surface area contributed by atoms with Crippen LogP contribution in [0.3, 0.4) is 0 Å². The normalized spacial score (nSPS) is 19.5. The van der Waals surface area contributed by atoms with E-state index in [0.717, 1.165) is 31.5 Å². The van der Waals surface area contributed by atoms with Gasteiger partial charge in [-0.05, 0) is 43.2 Å². The van der Waals surface area contributed by atoms with Gasteiger partial charge in [0.15, 0.2) is 0 Å². The number of rotatable bonds is 4. The third-order valence-electron chi connectivity index (χ3n) is 6.04. The summed E-state index contributed by atoms with van der Waals surface area (Å²) >= 11 is 6.17. The average molecular weight is 402 g/mol. The van der Waals surface area contributed by atoms with Crippen LogP contribution in [0.2, 0.25) is 5.02 Å². The largest absolute Gasteiger partial charge is 0.403 e. The summed E-state index contributed by atoms with van der Waals surface area (Å²) in [6, 6.07) is 3.61. The van der Waals surface area contributed by atoms with Crippen LogP contribution in [0.4, 0.5) is 11.7 Å². The number of hydrogen-bond donors (Lipinski definition) is 2. The zero-order valence-corrected chi connectivity index (χ0v) is 16.0. The standard InChI is InChI=1S/C19H20ClN5O3/c20-13-2-1-11(16-12(13)9-14(26)22-16)17-23-24-18(28-17)21-10-15(27)25-7-5-19(3-4-19)6-8-25/h1-2H,3-10H2,(H,21,24)(H,22,26). The number of halogens is 1. The van der Waals surface area contributed by atoms with Crippen molar-refractivity contribution >= 4 is 35.1 Å². The molecule has 2 aromatic rings. The number of anilines is 2. The topological polar surface area (TPSA) is 100 Å². The van der Waals surface area contributed by atoms with E-state index in [2.05, 4.69) is 20.8 Å². The predicted octanol–water partition coefficient (Wildman–Crippen LogP) is 2.70. The van der Waals surface area contributed by atoms with Gasteiger partial charge in [0.05, 0.1) is 24.2 Å². The second kappa shape index (κ2) is 6.48. The van der Waals surface area contributed by atoms with Gasteiger partial charge in [0, 0.05) is 23.7 Å². The van der Waals surface area contributed by atoms with E-state index in [9.17, 15) is 9.59 Å². The Morgan fingerprint density at radius 2 is 2.04 bits per heavy atom. The van der Waals surface area contributed by atoms with Crippen molar-refractivity contribution in [3.05, 3.63) is 22.7 Å². The lowest BCUT2D eigenvalue weighted by Gasteiger charge is -2.32. The molecule has 0 unspecified atom stereocenters. The van der Waals surface area contributed by atoms with Crippen molar-refractivity contribution in [3.63, 3.8) is 0 Å². The number of fused-ring (bicyclic) bond motifs is 1. The molecule has 1 aliphatic carbocycles. The van der Waals surface area contributed by atoms with Crippen molar-refractivity contribution in [1.82, 2.24) is 15.1 Å². The van der Waals surface area contributed by atoms with Gasteiger partial charge in [-0.15, -0.1) is 5.10 Å². The molecule has 2 aliphatic heterocycles. The molecule has 8 nitrogen and oxygen atoms in total. The molecule has 9 heteroatoms. The maximum Gasteiger partial charge on any atom is 0.316 e. The molecule has 1 spiro atoms. The first kappa shape index (κ1) is 17.5. The van der Waals surface area contributed by atoms with Crippen molar-refractivity contribution in [2.24, 2.45) is 5.41 Å². The Labute approximate surface area is 166 Å². The van der Waals surface area contributed by atoms with Gasteiger partial charge in [0.25, 0.3) is 5.89 Å². The molecule has 1 saturated heterocycles. The monoisotopic (exact) mass is 401 g/mol. The fraction of sp³-hybridized carbons (Fsp3) is 0.474. The number of nitrogens with one attached hydrogen (secondary N) is 2. The number of likely N-dealkylation sites (tertiary alicyclic amines) is 1. The second-order valence-electron chi connectivity index (χ2n) is 7.82. The van der Waals surface area contributed by atoms with Crippen molar-refractivity contribution in [2.45, 2.75) is 32.1 Å². The Morgan fingerprint density at radius 1 is 1.25 bits per heavy atom. The maximum atomic E-state index is 12.4. The number of piperidine rings is 1. The van der Waals surface area contributed by atoms with E-state index in [0.29, 0.717) is 21.7 Å². The van der Waals surface area contributed by atoms with Gasteiger partial charge < -0.3 is 20.0 Å². The summed E-state index contributed by atoms with van der Waals surface area (Å²) in [6.07, 6.45) is 5.07. The quantitative estimate of drug-likeness (QED) is 0.816. The van der Waals surface area contributed by atoms with Crippen LogP contribution < -0.4 is 10.6 Å². The maximum absolute atomic E-state index is 12.4. The summed E-state index contributed by atoms with van der Waals surface area (Å²) in [5.74, 6) is 0.177. The Hall–Kier alpha value is -2.61. The summed E-state index contributed by atoms with van der Waals surface area (Å²) in [4.78, 5) is 26.0. The van der Waals surface area contributed by atoms with Gasteiger partial charge in [-0.25, -0.2) is 0 Å². The van der Waals surface area contributed by atoms with Crippen LogP contribution >= 0.6 is 11.6 Å². The Morgan fingerprint density at radius 3 is 2.79 bits per heavy atom. The Kier molecular flexibility index (Phi) is 4.04. The molecular formula is C19H20ClN5O3. The summed E-state index contributed by atoms with van der Waals surface area (Å²) in [6.45, 7) is 1.77. The first-order chi connectivity index (χ1) is 13.5. The fourth-order valence-corrected chi connectivity index (χ4v) is 4.26. The van der Waals surface area contributed by atoms with Crippen LogP contribution in [0.25, 0.3) is 11.5 Å². The fourth-order valence-electron chi connectivity index (χ4n) is 4.03. The summed E-state index contributed by atoms with van der Waals surface area (Å²) in [5.41, 5.74) is 2.49. The van der Waals surface area contributed by atoms with Gasteiger partial charge in [-0.2, -0.15) is 0 Å². The molecule has 28 heavy (non-hydrogen) atoms. The van der Waals surface area contributed by atoms with E-state index in [4.69, 9.17) is 16.0 Å². The number of hydrogen-bond acceptors (Lipinski definition) is 6. The van der Waals surface area contributed by atoms with E-state index in [1.165, 1.54) is 12.8 Å². The first-order valence-electron chi connectivity index (χ1n) is 9.50. The average Bonchev–Trinajstić information content (AvgIpc) is 3.10. The number of benzene rings is 1. The number of amides is 2. The van der Waals surface area contributed by atoms with Crippen molar-refractivity contribution in [3.8, 4) is 11.5 Å². The van der Waals surface area contributed by atoms with Gasteiger partial charge >= 0.3 is 6.01 Å². The summed E-state index contributed by atoms with van der Waals surface area (Å²) in [7, 11) is 0. The molecular weight excluding hydrogens is 382 g/mol. The van der Waals surface area contributed by atoms with Crippen molar-refractivity contribution in [1.29, 1.82) is 0 Å². The minimum Gasteiger partial charge on any atom is -0.403 e. The van der Waals surface area contributed by atoms with Crippen LogP contribution in [0.15, 0.2) is 16.5 Å². The zero-order valence-electron chi connectivity index (χ0n) is 15.3. The van der Waals surface area contributed by atoms with Gasteiger partial charge in [-0.3, -0.25) is 9.59 Å². The molecule has 2 N–H and O–H groups in total. The molecule has 2 amide bonds. The molecule has 3 aliphatic rings. The highest BCUT2D eigenvalue weighted by molar-refractivity contribution is 6.32. The van der Waals surface area contributed by atoms with Crippen LogP contribution in [0.5, 0.6) is 0 Å². The minimum atomic E-state index is -0.123. The van der Waals surface area contributed by atoms with E-state index < -0.39 is 0 Å². The molecule has 0 radical (unpaired) electrons. The number of nitrogens with zero attached hydrogens (tertiary/aromatic N) is 3. The molecule has 0 bridgehead atoms. The zero-order chi connectivity index (χ0) is 19.3. The second-order valence-corrected chi connectivity index (χ2v) is 8.23. The first-order valence-corrected chi connectivity index (χ1v) is 9.88. The summed E-state index contributed by atoms with van der Waals surface area (Å²) < 4.78 is 5.65. The molecule has 1 aromatic heterocycles. The van der Waals surface area contributed by atoms with E-state index >= 15 is 0 Å². The number of carbonyl (C=O) groups is 2. The summed E-state index contributed by atoms with van der Waals surface area (Å²) in [5, 5.41) is 14.2. The lowest BCUT2D eigenvalue weighted by molar-refractivity contribution is -0.130. The molecule has 0 atom stereocenters. The Balaban J connectivity index is 1.24. The number of aromatic nitrogens is 2. The van der Waals surface area contributed by atoms with Crippen LogP contribution in [0, 0.1) is 5.41 Å². The van der Waals surface area contributed by atoms with Crippen LogP contribution in [-0.2, 0) is 16.0 Å². The highest BCUT2D eigenvalue weighted by Gasteiger charge is 2.45. The van der Waals surface area contributed by atoms with E-state index in [-0.39, 0.29) is 36.7 Å². The molecule has 5 rings (SSSR count). The Bertz CT molecular complexity index is 958. The van der Waals surface area contributed by atoms with Gasteiger partial charge in [0.1, 0.15) is 0 Å². The van der Waals surface area contributed by atoms with Crippen LogP contribution in [-0.4, -0.2) is 46.5 Å². The molecule has 3 heterocycles. The predicted molar refractivity (Wildman–Crippen MR) is 103 cm³/mol. The third-order valence-corrected chi connectivity index (χ3v) is 6.39. The third kappa shape index (κ3) is 3.11. The van der Waals surface area contributed by atoms with Gasteiger partial charge in [0.2, 0.25) is 11.8 Å². The van der Waals surface area contributed by atoms with Crippen molar-refractivity contribution in [2.75, 3.05) is 30.3 Å². The SMILES string of the molecule is O=C1Cc2c(Cl)ccc(-c3nnc(NCC(=O)N4CCC5(CC4)CC5)o3)c2N1. The van der Waals surface area contributed by atoms with Crippen LogP contribution in [0.1, 0.15) is 31.2 Å². The number of carbonyl (C=O) groups excluding carboxylic acids is 2. The van der Waals surface area contributed by atoms with Crippen molar-refractivity contribution < 1.29 is 14.0 Å². The lowest BCUT2D eigenvalue weighted by Crippen LogP contribution is -2.41. The molecule has 2 fully saturated rings. The van der Waals surface area contributed by atoms with E-state index in [1.807, 2.05) is 4.90 Å². The molecule has 146 valence electrons. The lowest BCUT2D eigenvalue weighted by atomic mass is 9.94. The van der Waals surface area contributed by atoms with Gasteiger partial charge in [-0.1, -0.05) is 16.7 Å². The highest BCUT2D eigenvalue weighted by atomic mass is 35.5. The molecule has 1 saturated carbocycles. The smallest absolute Gasteiger partial charge is 0.316 e. The minimum absolute atomic E-state index is 0.0369.